The highest BCUT2D eigenvalue weighted by atomic mass is 16.3. The van der Waals surface area contributed by atoms with Crippen molar-refractivity contribution in [2.24, 2.45) is 0 Å². The van der Waals surface area contributed by atoms with Crippen molar-refractivity contribution in [3.8, 4) is 0 Å². The van der Waals surface area contributed by atoms with Crippen LogP contribution in [0.5, 0.6) is 0 Å². The maximum Gasteiger partial charge on any atom is 0.224 e. The Morgan fingerprint density at radius 1 is 1.21 bits per heavy atom. The molecule has 0 aliphatic heterocycles. The molecular weight excluding hydrogens is 302 g/mol. The summed E-state index contributed by atoms with van der Waals surface area (Å²) in [6.07, 6.45) is 5.30. The van der Waals surface area contributed by atoms with Crippen molar-refractivity contribution in [1.29, 1.82) is 0 Å². The van der Waals surface area contributed by atoms with Crippen LogP contribution in [0.2, 0.25) is 0 Å². The quantitative estimate of drug-likeness (QED) is 0.757. The maximum absolute atomic E-state index is 12.3. The largest absolute Gasteiger partial charge is 0.461 e. The zero-order valence-corrected chi connectivity index (χ0v) is 14.0. The van der Waals surface area contributed by atoms with Gasteiger partial charge in [0.2, 0.25) is 5.91 Å². The molecule has 0 fully saturated rings. The Labute approximate surface area is 141 Å². The van der Waals surface area contributed by atoms with E-state index in [1.54, 1.807) is 12.4 Å². The third-order valence-corrected chi connectivity index (χ3v) is 3.95. The van der Waals surface area contributed by atoms with Gasteiger partial charge in [-0.15, -0.1) is 0 Å². The smallest absolute Gasteiger partial charge is 0.224 e. The summed E-state index contributed by atoms with van der Waals surface area (Å²) in [7, 11) is 0. The van der Waals surface area contributed by atoms with Crippen LogP contribution in [0.4, 0.5) is 0 Å². The number of carbonyl (C=O) groups is 1. The van der Waals surface area contributed by atoms with Crippen LogP contribution in [-0.4, -0.2) is 22.4 Å². The minimum atomic E-state index is -0.0108. The third kappa shape index (κ3) is 3.62. The fourth-order valence-electron chi connectivity index (χ4n) is 2.71. The highest BCUT2D eigenvalue weighted by Gasteiger charge is 2.15. The summed E-state index contributed by atoms with van der Waals surface area (Å²) >= 11 is 0. The maximum atomic E-state index is 12.3. The topological polar surface area (TPSA) is 68.0 Å². The molecule has 24 heavy (non-hydrogen) atoms. The Hall–Kier alpha value is -2.69. The standard InChI is InChI=1S/C19H21N3O2/c1-3-16-15(14-6-4-5-7-17(14)24-16)10-19(23)20-9-8-18-21-11-13(2)12-22-18/h4-7,11-12H,3,8-10H2,1-2H3,(H,20,23). The molecule has 5 heteroatoms. The summed E-state index contributed by atoms with van der Waals surface area (Å²) in [6.45, 7) is 4.51. The fraction of sp³-hybridized carbons (Fsp3) is 0.316. The fourth-order valence-corrected chi connectivity index (χ4v) is 2.71. The molecular formula is C19H21N3O2. The van der Waals surface area contributed by atoms with Crippen LogP contribution in [-0.2, 0) is 24.1 Å². The SMILES string of the molecule is CCc1oc2ccccc2c1CC(=O)NCCc1ncc(C)cn1. The summed E-state index contributed by atoms with van der Waals surface area (Å²) in [5.41, 5.74) is 2.85. The van der Waals surface area contributed by atoms with Gasteiger partial charge in [0.1, 0.15) is 17.2 Å². The molecule has 0 unspecified atom stereocenters. The van der Waals surface area contributed by atoms with Gasteiger partial charge in [-0.25, -0.2) is 9.97 Å². The molecule has 1 aromatic carbocycles. The zero-order chi connectivity index (χ0) is 16.9. The van der Waals surface area contributed by atoms with Crippen molar-refractivity contribution < 1.29 is 9.21 Å². The normalized spacial score (nSPS) is 10.9. The van der Waals surface area contributed by atoms with Crippen LogP contribution in [0.3, 0.4) is 0 Å². The number of carbonyl (C=O) groups excluding carboxylic acids is 1. The summed E-state index contributed by atoms with van der Waals surface area (Å²) in [6, 6.07) is 7.84. The number of furan rings is 1. The number of fused-ring (bicyclic) bond motifs is 1. The number of aryl methyl sites for hydroxylation is 2. The highest BCUT2D eigenvalue weighted by molar-refractivity contribution is 5.88. The Balaban J connectivity index is 1.61. The van der Waals surface area contributed by atoms with Gasteiger partial charge < -0.3 is 9.73 Å². The predicted molar refractivity (Wildman–Crippen MR) is 92.8 cm³/mol. The van der Waals surface area contributed by atoms with E-state index in [0.717, 1.165) is 40.1 Å². The van der Waals surface area contributed by atoms with Gasteiger partial charge in [-0.2, -0.15) is 0 Å². The average Bonchev–Trinajstić information content (AvgIpc) is 2.94. The van der Waals surface area contributed by atoms with E-state index in [1.807, 2.05) is 38.1 Å². The first kappa shape index (κ1) is 16.2. The van der Waals surface area contributed by atoms with Crippen LogP contribution >= 0.6 is 0 Å². The van der Waals surface area contributed by atoms with E-state index in [1.165, 1.54) is 0 Å². The molecule has 0 spiro atoms. The van der Waals surface area contributed by atoms with Gasteiger partial charge in [-0.3, -0.25) is 4.79 Å². The van der Waals surface area contributed by atoms with Gasteiger partial charge in [0.05, 0.1) is 6.42 Å². The van der Waals surface area contributed by atoms with Gasteiger partial charge in [0.15, 0.2) is 0 Å². The van der Waals surface area contributed by atoms with E-state index in [2.05, 4.69) is 15.3 Å². The van der Waals surface area contributed by atoms with Crippen LogP contribution in [0, 0.1) is 6.92 Å². The second kappa shape index (κ2) is 7.25. The minimum Gasteiger partial charge on any atom is -0.461 e. The molecule has 1 N–H and O–H groups in total. The van der Waals surface area contributed by atoms with Gasteiger partial charge >= 0.3 is 0 Å². The number of hydrogen-bond donors (Lipinski definition) is 1. The van der Waals surface area contributed by atoms with E-state index in [-0.39, 0.29) is 5.91 Å². The molecule has 3 rings (SSSR count). The van der Waals surface area contributed by atoms with Gasteiger partial charge in [-0.1, -0.05) is 25.1 Å². The van der Waals surface area contributed by atoms with E-state index in [0.29, 0.717) is 19.4 Å². The van der Waals surface area contributed by atoms with Crippen LogP contribution in [0.15, 0.2) is 41.1 Å². The van der Waals surface area contributed by atoms with Crippen molar-refractivity contribution in [2.75, 3.05) is 6.54 Å². The number of nitrogens with one attached hydrogen (secondary N) is 1. The summed E-state index contributed by atoms with van der Waals surface area (Å²) in [5, 5.41) is 3.96. The number of hydrogen-bond acceptors (Lipinski definition) is 4. The number of rotatable bonds is 6. The minimum absolute atomic E-state index is 0.0108. The van der Waals surface area contributed by atoms with Gasteiger partial charge in [0.25, 0.3) is 0 Å². The lowest BCUT2D eigenvalue weighted by molar-refractivity contribution is -0.120. The average molecular weight is 323 g/mol. The van der Waals surface area contributed by atoms with Crippen molar-refractivity contribution in [2.45, 2.75) is 33.1 Å². The highest BCUT2D eigenvalue weighted by Crippen LogP contribution is 2.26. The van der Waals surface area contributed by atoms with E-state index >= 15 is 0 Å². The van der Waals surface area contributed by atoms with Crippen LogP contribution < -0.4 is 5.32 Å². The van der Waals surface area contributed by atoms with Gasteiger partial charge in [-0.05, 0) is 18.6 Å². The first-order chi connectivity index (χ1) is 11.7. The molecule has 0 atom stereocenters. The molecule has 0 bridgehead atoms. The summed E-state index contributed by atoms with van der Waals surface area (Å²) in [5.74, 6) is 1.61. The molecule has 2 heterocycles. The van der Waals surface area contributed by atoms with E-state index in [9.17, 15) is 4.79 Å². The summed E-state index contributed by atoms with van der Waals surface area (Å²) < 4.78 is 5.83. The van der Waals surface area contributed by atoms with Gasteiger partial charge in [0, 0.05) is 42.7 Å². The Morgan fingerprint density at radius 2 is 1.96 bits per heavy atom. The second-order valence-corrected chi connectivity index (χ2v) is 5.81. The molecule has 0 saturated carbocycles. The molecule has 2 aromatic heterocycles. The molecule has 0 aliphatic carbocycles. The van der Waals surface area contributed by atoms with Crippen molar-refractivity contribution in [1.82, 2.24) is 15.3 Å². The lowest BCUT2D eigenvalue weighted by Gasteiger charge is -2.05. The number of amides is 1. The lowest BCUT2D eigenvalue weighted by atomic mass is 10.1. The number of para-hydroxylation sites is 1. The van der Waals surface area contributed by atoms with Crippen LogP contribution in [0.1, 0.15) is 29.6 Å². The lowest BCUT2D eigenvalue weighted by Crippen LogP contribution is -2.27. The Bertz CT molecular complexity index is 837. The monoisotopic (exact) mass is 323 g/mol. The van der Waals surface area contributed by atoms with E-state index < -0.39 is 0 Å². The first-order valence-corrected chi connectivity index (χ1v) is 8.21. The first-order valence-electron chi connectivity index (χ1n) is 8.21. The number of benzene rings is 1. The zero-order valence-electron chi connectivity index (χ0n) is 14.0. The molecule has 124 valence electrons. The molecule has 3 aromatic rings. The Kier molecular flexibility index (Phi) is 4.89. The molecule has 0 saturated heterocycles. The number of aromatic nitrogens is 2. The number of nitrogens with zero attached hydrogens (tertiary/aromatic N) is 2. The van der Waals surface area contributed by atoms with Crippen molar-refractivity contribution in [3.05, 3.63) is 59.4 Å². The van der Waals surface area contributed by atoms with Crippen LogP contribution in [0.25, 0.3) is 11.0 Å². The van der Waals surface area contributed by atoms with Crippen molar-refractivity contribution in [3.63, 3.8) is 0 Å². The predicted octanol–water partition coefficient (Wildman–Crippen LogP) is 3.00. The molecule has 1 amide bonds. The molecule has 0 radical (unpaired) electrons. The van der Waals surface area contributed by atoms with Crippen molar-refractivity contribution >= 4 is 16.9 Å². The molecule has 5 nitrogen and oxygen atoms in total. The molecule has 0 aliphatic rings. The Morgan fingerprint density at radius 3 is 2.71 bits per heavy atom. The second-order valence-electron chi connectivity index (χ2n) is 5.81. The van der Waals surface area contributed by atoms with E-state index in [4.69, 9.17) is 4.42 Å². The summed E-state index contributed by atoms with van der Waals surface area (Å²) in [4.78, 5) is 20.8. The third-order valence-electron chi connectivity index (χ3n) is 3.95.